The molecule has 2 nitrogen and oxygen atoms in total. The minimum Gasteiger partial charge on any atom is -0.308 e. The van der Waals surface area contributed by atoms with E-state index in [-0.39, 0.29) is 0 Å². The van der Waals surface area contributed by atoms with Gasteiger partial charge in [-0.3, -0.25) is 0 Å². The van der Waals surface area contributed by atoms with E-state index in [1.165, 1.54) is 10.4 Å². The van der Waals surface area contributed by atoms with Gasteiger partial charge in [-0.2, -0.15) is 0 Å². The van der Waals surface area contributed by atoms with Gasteiger partial charge >= 0.3 is 0 Å². The molecule has 0 saturated heterocycles. The molecule has 1 aromatic carbocycles. The van der Waals surface area contributed by atoms with E-state index in [9.17, 15) is 0 Å². The van der Waals surface area contributed by atoms with Crippen LogP contribution < -0.4 is 5.32 Å². The maximum atomic E-state index is 5.97. The average molecular weight is 323 g/mol. The Morgan fingerprint density at radius 1 is 1.19 bits per heavy atom. The highest BCUT2D eigenvalue weighted by Gasteiger charge is 2.17. The molecule has 2 unspecified atom stereocenters. The van der Waals surface area contributed by atoms with Crippen LogP contribution in [0.15, 0.2) is 41.8 Å². The third-order valence-electron chi connectivity index (χ3n) is 3.73. The third kappa shape index (κ3) is 4.55. The lowest BCUT2D eigenvalue weighted by atomic mass is 10.0. The molecule has 1 heterocycles. The second-order valence-electron chi connectivity index (χ2n) is 5.42. The van der Waals surface area contributed by atoms with Crippen LogP contribution in [0.3, 0.4) is 0 Å². The average Bonchev–Trinajstić information content (AvgIpc) is 2.98. The van der Waals surface area contributed by atoms with Crippen LogP contribution in [-0.2, 0) is 0 Å². The molecular weight excluding hydrogens is 300 g/mol. The first-order valence-electron chi connectivity index (χ1n) is 7.30. The van der Waals surface area contributed by atoms with E-state index in [1.807, 2.05) is 23.5 Å². The van der Waals surface area contributed by atoms with Gasteiger partial charge in [0.25, 0.3) is 0 Å². The highest BCUT2D eigenvalue weighted by Crippen LogP contribution is 2.25. The summed E-state index contributed by atoms with van der Waals surface area (Å²) in [6, 6.07) is 13.2. The molecule has 0 bridgehead atoms. The second kappa shape index (κ2) is 7.95. The van der Waals surface area contributed by atoms with Crippen LogP contribution in [0.5, 0.6) is 0 Å². The Hall–Kier alpha value is -0.870. The summed E-state index contributed by atoms with van der Waals surface area (Å²) in [5.41, 5.74) is 1.30. The van der Waals surface area contributed by atoms with Crippen molar-refractivity contribution in [2.45, 2.75) is 25.4 Å². The number of nitrogens with one attached hydrogen (secondary N) is 1. The summed E-state index contributed by atoms with van der Waals surface area (Å²) in [5, 5.41) is 6.63. The second-order valence-corrected chi connectivity index (χ2v) is 6.83. The van der Waals surface area contributed by atoms with Gasteiger partial charge in [0, 0.05) is 22.5 Å². The maximum absolute atomic E-state index is 5.97. The number of halogens is 1. The molecule has 0 radical (unpaired) electrons. The molecule has 0 fully saturated rings. The quantitative estimate of drug-likeness (QED) is 0.791. The number of hydrogen-bond donors (Lipinski definition) is 1. The summed E-state index contributed by atoms with van der Waals surface area (Å²) in [5.74, 6) is 0. The summed E-state index contributed by atoms with van der Waals surface area (Å²) in [6.07, 6.45) is 1.06. The van der Waals surface area contributed by atoms with Gasteiger partial charge < -0.3 is 10.2 Å². The Morgan fingerprint density at radius 3 is 2.43 bits per heavy atom. The molecule has 0 saturated carbocycles. The molecule has 0 amide bonds. The highest BCUT2D eigenvalue weighted by atomic mass is 35.5. The van der Waals surface area contributed by atoms with Crippen LogP contribution in [0.4, 0.5) is 0 Å². The van der Waals surface area contributed by atoms with E-state index in [4.69, 9.17) is 11.6 Å². The Labute approximate surface area is 136 Å². The Morgan fingerprint density at radius 2 is 1.90 bits per heavy atom. The van der Waals surface area contributed by atoms with Crippen LogP contribution in [0.25, 0.3) is 0 Å². The van der Waals surface area contributed by atoms with Crippen LogP contribution in [0.1, 0.15) is 35.9 Å². The van der Waals surface area contributed by atoms with E-state index in [0.29, 0.717) is 12.1 Å². The van der Waals surface area contributed by atoms with E-state index >= 15 is 0 Å². The fraction of sp³-hybridized carbons (Fsp3) is 0.412. The first kappa shape index (κ1) is 16.5. The highest BCUT2D eigenvalue weighted by molar-refractivity contribution is 7.10. The lowest BCUT2D eigenvalue weighted by Crippen LogP contribution is -2.32. The van der Waals surface area contributed by atoms with Gasteiger partial charge in [0.15, 0.2) is 0 Å². The van der Waals surface area contributed by atoms with E-state index in [1.54, 1.807) is 0 Å². The minimum absolute atomic E-state index is 0.365. The molecule has 0 aliphatic heterocycles. The molecule has 1 aromatic heterocycles. The summed E-state index contributed by atoms with van der Waals surface area (Å²) in [6.45, 7) is 3.15. The standard InChI is InChI=1S/C17H23ClN2S/c1-4-15(13-7-9-14(18)10-8-13)19-12-16(20(2)3)17-6-5-11-21-17/h5-11,15-16,19H,4,12H2,1-3H3. The minimum atomic E-state index is 0.365. The molecule has 0 aliphatic carbocycles. The van der Waals surface area contributed by atoms with E-state index in [0.717, 1.165) is 18.0 Å². The number of nitrogens with zero attached hydrogens (tertiary/aromatic N) is 1. The van der Waals surface area contributed by atoms with Gasteiger partial charge in [0.2, 0.25) is 0 Å². The number of benzene rings is 1. The topological polar surface area (TPSA) is 15.3 Å². The molecule has 2 aromatic rings. The molecule has 0 aliphatic rings. The van der Waals surface area contributed by atoms with Gasteiger partial charge in [-0.1, -0.05) is 36.7 Å². The number of likely N-dealkylation sites (N-methyl/N-ethyl adjacent to an activating group) is 1. The van der Waals surface area contributed by atoms with Crippen molar-refractivity contribution in [3.63, 3.8) is 0 Å². The molecule has 0 spiro atoms. The van der Waals surface area contributed by atoms with Gasteiger partial charge in [0.05, 0.1) is 6.04 Å². The van der Waals surface area contributed by atoms with Crippen LogP contribution in [0.2, 0.25) is 5.02 Å². The predicted molar refractivity (Wildman–Crippen MR) is 93.2 cm³/mol. The zero-order valence-electron chi connectivity index (χ0n) is 12.8. The molecule has 1 N–H and O–H groups in total. The Kier molecular flexibility index (Phi) is 6.24. The maximum Gasteiger partial charge on any atom is 0.0561 e. The number of hydrogen-bond acceptors (Lipinski definition) is 3. The van der Waals surface area contributed by atoms with E-state index < -0.39 is 0 Å². The van der Waals surface area contributed by atoms with Crippen molar-refractivity contribution >= 4 is 22.9 Å². The zero-order chi connectivity index (χ0) is 15.2. The van der Waals surface area contributed by atoms with Crippen LogP contribution in [-0.4, -0.2) is 25.5 Å². The molecule has 2 rings (SSSR count). The van der Waals surface area contributed by atoms with Gasteiger partial charge in [-0.15, -0.1) is 11.3 Å². The summed E-state index contributed by atoms with van der Waals surface area (Å²) in [7, 11) is 4.27. The van der Waals surface area contributed by atoms with Crippen molar-refractivity contribution in [3.8, 4) is 0 Å². The van der Waals surface area contributed by atoms with Crippen molar-refractivity contribution in [2.75, 3.05) is 20.6 Å². The number of thiophene rings is 1. The zero-order valence-corrected chi connectivity index (χ0v) is 14.4. The van der Waals surface area contributed by atoms with Gasteiger partial charge in [-0.25, -0.2) is 0 Å². The van der Waals surface area contributed by atoms with Crippen molar-refractivity contribution in [1.29, 1.82) is 0 Å². The van der Waals surface area contributed by atoms with Crippen LogP contribution in [0, 0.1) is 0 Å². The first-order chi connectivity index (χ1) is 10.1. The Balaban J connectivity index is 2.03. The normalized spacial score (nSPS) is 14.3. The summed E-state index contributed by atoms with van der Waals surface area (Å²) < 4.78 is 0. The molecule has 2 atom stereocenters. The molecule has 21 heavy (non-hydrogen) atoms. The monoisotopic (exact) mass is 322 g/mol. The van der Waals surface area contributed by atoms with Crippen LogP contribution >= 0.6 is 22.9 Å². The lowest BCUT2D eigenvalue weighted by Gasteiger charge is -2.26. The van der Waals surface area contributed by atoms with Crippen molar-refractivity contribution < 1.29 is 0 Å². The smallest absolute Gasteiger partial charge is 0.0561 e. The third-order valence-corrected chi connectivity index (χ3v) is 4.96. The Bertz CT molecular complexity index is 522. The largest absolute Gasteiger partial charge is 0.308 e. The van der Waals surface area contributed by atoms with Crippen molar-refractivity contribution in [1.82, 2.24) is 10.2 Å². The number of rotatable bonds is 7. The predicted octanol–water partition coefficient (Wildman–Crippen LogP) is 4.75. The lowest BCUT2D eigenvalue weighted by molar-refractivity contribution is 0.282. The molecule has 114 valence electrons. The fourth-order valence-electron chi connectivity index (χ4n) is 2.47. The van der Waals surface area contributed by atoms with Crippen molar-refractivity contribution in [3.05, 3.63) is 57.2 Å². The summed E-state index contributed by atoms with van der Waals surface area (Å²) in [4.78, 5) is 3.67. The molecule has 4 heteroatoms. The van der Waals surface area contributed by atoms with Crippen molar-refractivity contribution in [2.24, 2.45) is 0 Å². The summed E-state index contributed by atoms with van der Waals surface area (Å²) >= 11 is 7.79. The van der Waals surface area contributed by atoms with E-state index in [2.05, 4.69) is 60.9 Å². The fourth-order valence-corrected chi connectivity index (χ4v) is 3.51. The SMILES string of the molecule is CCC(NCC(c1cccs1)N(C)C)c1ccc(Cl)cc1. The van der Waals surface area contributed by atoms with Gasteiger partial charge in [0.1, 0.15) is 0 Å². The molecular formula is C17H23ClN2S. The first-order valence-corrected chi connectivity index (χ1v) is 8.56. The van der Waals surface area contributed by atoms with Gasteiger partial charge in [-0.05, 0) is 49.7 Å².